The van der Waals surface area contributed by atoms with Crippen molar-refractivity contribution in [2.75, 3.05) is 25.5 Å². The van der Waals surface area contributed by atoms with Gasteiger partial charge >= 0.3 is 0 Å². The molecular formula is C28H36F2N4O2S. The van der Waals surface area contributed by atoms with Gasteiger partial charge in [-0.2, -0.15) is 0 Å². The van der Waals surface area contributed by atoms with E-state index in [1.165, 1.54) is 28.6 Å². The molecule has 1 aromatic carbocycles. The molecule has 0 fully saturated rings. The van der Waals surface area contributed by atoms with E-state index in [1.54, 1.807) is 17.7 Å². The topological polar surface area (TPSA) is 67.3 Å². The molecule has 1 N–H and O–H groups in total. The summed E-state index contributed by atoms with van der Waals surface area (Å²) in [4.78, 5) is 24.8. The lowest BCUT2D eigenvalue weighted by molar-refractivity contribution is -0.131. The van der Waals surface area contributed by atoms with Gasteiger partial charge in [0.2, 0.25) is 5.91 Å². The first-order valence-corrected chi connectivity index (χ1v) is 13.9. The highest BCUT2D eigenvalue weighted by atomic mass is 32.1. The maximum absolute atomic E-state index is 12.6. The summed E-state index contributed by atoms with van der Waals surface area (Å²) in [6.45, 7) is 6.37. The Balaban J connectivity index is 1.54. The van der Waals surface area contributed by atoms with Crippen LogP contribution in [0, 0.1) is 12.8 Å². The second-order valence-corrected chi connectivity index (χ2v) is 10.9. The van der Waals surface area contributed by atoms with E-state index in [-0.39, 0.29) is 5.91 Å². The van der Waals surface area contributed by atoms with E-state index < -0.39 is 13.0 Å². The highest BCUT2D eigenvalue weighted by Gasteiger charge is 2.26. The molecule has 6 nitrogen and oxygen atoms in total. The maximum Gasteiger partial charge on any atom is 0.255 e. The molecule has 9 heteroatoms. The Bertz CT molecular complexity index is 1250. The van der Waals surface area contributed by atoms with Crippen LogP contribution in [0.2, 0.25) is 0 Å². The van der Waals surface area contributed by atoms with Crippen LogP contribution in [-0.2, 0) is 24.1 Å². The second kappa shape index (κ2) is 12.2. The highest BCUT2D eigenvalue weighted by Crippen LogP contribution is 2.42. The molecule has 0 saturated heterocycles. The average molecular weight is 531 g/mol. The summed E-state index contributed by atoms with van der Waals surface area (Å²) in [5.41, 5.74) is 4.70. The van der Waals surface area contributed by atoms with E-state index in [4.69, 9.17) is 4.74 Å². The largest absolute Gasteiger partial charge is 0.492 e. The Morgan fingerprint density at radius 3 is 2.84 bits per heavy atom. The molecule has 0 radical (unpaired) electrons. The smallest absolute Gasteiger partial charge is 0.255 e. The van der Waals surface area contributed by atoms with Crippen LogP contribution in [0.15, 0.2) is 18.5 Å². The molecule has 1 unspecified atom stereocenters. The van der Waals surface area contributed by atoms with E-state index >= 15 is 0 Å². The number of carbonyl (C=O) groups excluding carboxylic acids is 1. The molecule has 0 aliphatic heterocycles. The summed E-state index contributed by atoms with van der Waals surface area (Å²) in [5, 5.41) is 4.61. The zero-order valence-corrected chi connectivity index (χ0v) is 22.9. The SMILES string of the molecule is CCCc1cc(OCC)c(Nc2ncnc3sc4c(c23)CCC(CCC(=O)N(C)CC(F)F)C4)cc1C. The van der Waals surface area contributed by atoms with Gasteiger partial charge in [-0.05, 0) is 80.7 Å². The molecule has 200 valence electrons. The number of thiophene rings is 1. The number of anilines is 2. The van der Waals surface area contributed by atoms with Gasteiger partial charge in [0.05, 0.1) is 24.2 Å². The summed E-state index contributed by atoms with van der Waals surface area (Å²) < 4.78 is 31.2. The van der Waals surface area contributed by atoms with Crippen molar-refractivity contribution in [3.63, 3.8) is 0 Å². The van der Waals surface area contributed by atoms with Gasteiger partial charge < -0.3 is 15.0 Å². The van der Waals surface area contributed by atoms with Crippen molar-refractivity contribution < 1.29 is 18.3 Å². The highest BCUT2D eigenvalue weighted by molar-refractivity contribution is 7.19. The monoisotopic (exact) mass is 530 g/mol. The molecule has 1 aliphatic rings. The molecule has 37 heavy (non-hydrogen) atoms. The Morgan fingerprint density at radius 1 is 1.30 bits per heavy atom. The van der Waals surface area contributed by atoms with Crippen LogP contribution in [0.5, 0.6) is 5.75 Å². The van der Waals surface area contributed by atoms with Crippen molar-refractivity contribution in [1.29, 1.82) is 0 Å². The van der Waals surface area contributed by atoms with Crippen LogP contribution >= 0.6 is 11.3 Å². The third-order valence-corrected chi connectivity index (χ3v) is 8.22. The van der Waals surface area contributed by atoms with E-state index in [0.29, 0.717) is 25.4 Å². The van der Waals surface area contributed by atoms with Gasteiger partial charge in [0.25, 0.3) is 6.43 Å². The number of rotatable bonds is 11. The fourth-order valence-electron chi connectivity index (χ4n) is 5.12. The Kier molecular flexibility index (Phi) is 8.95. The quantitative estimate of drug-likeness (QED) is 0.299. The minimum Gasteiger partial charge on any atom is -0.492 e. The molecule has 0 spiro atoms. The number of nitrogens with one attached hydrogen (secondary N) is 1. The van der Waals surface area contributed by atoms with Crippen molar-refractivity contribution in [3.8, 4) is 5.75 Å². The van der Waals surface area contributed by atoms with Gasteiger partial charge in [-0.3, -0.25) is 4.79 Å². The number of ether oxygens (including phenoxy) is 1. The van der Waals surface area contributed by atoms with Gasteiger partial charge in [0, 0.05) is 18.3 Å². The molecule has 3 aromatic rings. The van der Waals surface area contributed by atoms with Crippen LogP contribution in [0.4, 0.5) is 20.3 Å². The number of hydrogen-bond acceptors (Lipinski definition) is 6. The number of nitrogens with zero attached hydrogens (tertiary/aromatic N) is 3. The first-order chi connectivity index (χ1) is 17.8. The molecule has 1 amide bonds. The summed E-state index contributed by atoms with van der Waals surface area (Å²) in [6.07, 6.45) is 4.90. The lowest BCUT2D eigenvalue weighted by Gasteiger charge is -2.23. The molecule has 4 rings (SSSR count). The second-order valence-electron chi connectivity index (χ2n) is 9.80. The van der Waals surface area contributed by atoms with Crippen molar-refractivity contribution in [3.05, 3.63) is 40.0 Å². The number of amides is 1. The fraction of sp³-hybridized carbons (Fsp3) is 0.536. The first kappa shape index (κ1) is 27.2. The molecule has 1 aliphatic carbocycles. The number of alkyl halides is 2. The zero-order chi connectivity index (χ0) is 26.5. The summed E-state index contributed by atoms with van der Waals surface area (Å²) in [7, 11) is 1.45. The van der Waals surface area contributed by atoms with Crippen LogP contribution in [-0.4, -0.2) is 47.4 Å². The lowest BCUT2D eigenvalue weighted by Crippen LogP contribution is -2.31. The third kappa shape index (κ3) is 6.37. The maximum atomic E-state index is 12.6. The van der Waals surface area contributed by atoms with Crippen molar-refractivity contribution >= 4 is 39.0 Å². The van der Waals surface area contributed by atoms with Crippen molar-refractivity contribution in [1.82, 2.24) is 14.9 Å². The standard InChI is InChI=1S/C28H36F2N4O2S/c1-5-7-19-14-22(36-6-2)21(12-17(19)3)33-27-26-20-10-8-18(9-11-25(35)34(4)15-24(29)30)13-23(20)37-28(26)32-16-31-27/h12,14,16,18,24H,5-11,13,15H2,1-4H3,(H,31,32,33). The zero-order valence-electron chi connectivity index (χ0n) is 22.1. The average Bonchev–Trinajstić information content (AvgIpc) is 3.23. The van der Waals surface area contributed by atoms with Crippen LogP contribution in [0.1, 0.15) is 61.1 Å². The number of aryl methyl sites for hydroxylation is 3. The van der Waals surface area contributed by atoms with E-state index in [0.717, 1.165) is 64.5 Å². The predicted octanol–water partition coefficient (Wildman–Crippen LogP) is 6.70. The number of aromatic nitrogens is 2. The minimum absolute atomic E-state index is 0.217. The molecule has 2 heterocycles. The Labute approximate surface area is 221 Å². The molecule has 1 atom stereocenters. The van der Waals surface area contributed by atoms with Crippen molar-refractivity contribution in [2.45, 2.75) is 72.1 Å². The lowest BCUT2D eigenvalue weighted by atomic mass is 9.85. The Hall–Kier alpha value is -2.81. The van der Waals surface area contributed by atoms with E-state index in [9.17, 15) is 13.6 Å². The van der Waals surface area contributed by atoms with Crippen molar-refractivity contribution in [2.24, 2.45) is 5.92 Å². The van der Waals surface area contributed by atoms with Gasteiger partial charge in [-0.15, -0.1) is 11.3 Å². The summed E-state index contributed by atoms with van der Waals surface area (Å²) in [5.74, 6) is 1.75. The molecular weight excluding hydrogens is 494 g/mol. The van der Waals surface area contributed by atoms with E-state index in [1.807, 2.05) is 6.92 Å². The van der Waals surface area contributed by atoms with Crippen LogP contribution in [0.3, 0.4) is 0 Å². The minimum atomic E-state index is -2.50. The van der Waals surface area contributed by atoms with Gasteiger partial charge in [0.15, 0.2) is 0 Å². The number of halogens is 2. The Morgan fingerprint density at radius 2 is 2.11 bits per heavy atom. The molecule has 2 aromatic heterocycles. The third-order valence-electron chi connectivity index (χ3n) is 7.06. The summed E-state index contributed by atoms with van der Waals surface area (Å²) >= 11 is 1.69. The number of fused-ring (bicyclic) bond motifs is 3. The van der Waals surface area contributed by atoms with Gasteiger partial charge in [-0.1, -0.05) is 13.3 Å². The number of carbonyl (C=O) groups is 1. The fourth-order valence-corrected chi connectivity index (χ4v) is 6.42. The van der Waals surface area contributed by atoms with Crippen LogP contribution < -0.4 is 10.1 Å². The summed E-state index contributed by atoms with van der Waals surface area (Å²) in [6, 6.07) is 4.28. The van der Waals surface area contributed by atoms with E-state index in [2.05, 4.69) is 41.3 Å². The normalized spacial score (nSPS) is 15.2. The van der Waals surface area contributed by atoms with Gasteiger partial charge in [0.1, 0.15) is 22.7 Å². The van der Waals surface area contributed by atoms with Crippen LogP contribution in [0.25, 0.3) is 10.2 Å². The van der Waals surface area contributed by atoms with Gasteiger partial charge in [-0.25, -0.2) is 18.7 Å². The predicted molar refractivity (Wildman–Crippen MR) is 145 cm³/mol. The number of hydrogen-bond donors (Lipinski definition) is 1. The molecule has 0 saturated carbocycles. The number of benzene rings is 1. The first-order valence-electron chi connectivity index (χ1n) is 13.1. The molecule has 0 bridgehead atoms.